The second kappa shape index (κ2) is 5.22. The van der Waals surface area contributed by atoms with Crippen LogP contribution in [0.2, 0.25) is 0 Å². The molecule has 21 heavy (non-hydrogen) atoms. The van der Waals surface area contributed by atoms with Crippen molar-refractivity contribution in [2.75, 3.05) is 6.54 Å². The SMILES string of the molecule is CC(=O)N(N)C(=O)C1CCC2CN1C(=O)N2OS(=O)(=O)O. The molecule has 2 fully saturated rings. The molecule has 0 aromatic heterocycles. The molecule has 3 N–H and O–H groups in total. The standard InChI is InChI=1S/C9H14N4O7S/c1-5(14)12(10)8(15)7-3-2-6-4-11(7)9(16)13(6)20-21(17,18)19/h6-7H,2-4,10H2,1H3,(H,17,18,19). The Hall–Kier alpha value is -1.76. The van der Waals surface area contributed by atoms with Gasteiger partial charge in [-0.1, -0.05) is 0 Å². The lowest BCUT2D eigenvalue weighted by Gasteiger charge is -2.30. The maximum atomic E-state index is 12.0. The molecule has 118 valence electrons. The number of carbonyl (C=O) groups is 3. The van der Waals surface area contributed by atoms with E-state index >= 15 is 0 Å². The monoisotopic (exact) mass is 322 g/mol. The molecule has 12 heteroatoms. The van der Waals surface area contributed by atoms with Crippen molar-refractivity contribution in [2.24, 2.45) is 5.84 Å². The van der Waals surface area contributed by atoms with Gasteiger partial charge in [-0.3, -0.25) is 14.1 Å². The zero-order valence-electron chi connectivity index (χ0n) is 11.0. The zero-order chi connectivity index (χ0) is 15.9. The number of amides is 4. The molecular formula is C9H14N4O7S. The summed E-state index contributed by atoms with van der Waals surface area (Å²) in [4.78, 5) is 36.2. The second-order valence-electron chi connectivity index (χ2n) is 4.74. The van der Waals surface area contributed by atoms with Crippen LogP contribution in [0, 0.1) is 0 Å². The van der Waals surface area contributed by atoms with E-state index in [9.17, 15) is 22.8 Å². The fraction of sp³-hybridized carbons (Fsp3) is 0.667. The number of hydrogen-bond acceptors (Lipinski definition) is 7. The van der Waals surface area contributed by atoms with E-state index in [0.717, 1.165) is 11.8 Å². The summed E-state index contributed by atoms with van der Waals surface area (Å²) >= 11 is 0. The van der Waals surface area contributed by atoms with E-state index in [1.54, 1.807) is 0 Å². The highest BCUT2D eigenvalue weighted by molar-refractivity contribution is 7.80. The van der Waals surface area contributed by atoms with Gasteiger partial charge in [0.05, 0.1) is 6.04 Å². The third kappa shape index (κ3) is 2.97. The van der Waals surface area contributed by atoms with Crippen LogP contribution in [0.25, 0.3) is 0 Å². The van der Waals surface area contributed by atoms with Crippen LogP contribution in [-0.4, -0.2) is 64.4 Å². The minimum atomic E-state index is -4.84. The number of imide groups is 1. The first-order valence-corrected chi connectivity index (χ1v) is 7.34. The highest BCUT2D eigenvalue weighted by Crippen LogP contribution is 2.31. The third-order valence-electron chi connectivity index (χ3n) is 3.36. The molecule has 2 rings (SSSR count). The average molecular weight is 322 g/mol. The van der Waals surface area contributed by atoms with Gasteiger partial charge < -0.3 is 4.90 Å². The lowest BCUT2D eigenvalue weighted by atomic mass is 10.00. The fourth-order valence-corrected chi connectivity index (χ4v) is 2.79. The molecule has 0 saturated carbocycles. The third-order valence-corrected chi connectivity index (χ3v) is 3.71. The molecule has 0 spiro atoms. The van der Waals surface area contributed by atoms with E-state index in [1.807, 2.05) is 0 Å². The fourth-order valence-electron chi connectivity index (χ4n) is 2.40. The Morgan fingerprint density at radius 2 is 2.05 bits per heavy atom. The highest BCUT2D eigenvalue weighted by Gasteiger charge is 2.50. The van der Waals surface area contributed by atoms with Crippen LogP contribution in [0.4, 0.5) is 4.79 Å². The average Bonchev–Trinajstić information content (AvgIpc) is 2.61. The molecule has 2 atom stereocenters. The van der Waals surface area contributed by atoms with Crippen LogP contribution in [0.5, 0.6) is 0 Å². The largest absolute Gasteiger partial charge is 0.418 e. The normalized spacial score (nSPS) is 25.2. The minimum Gasteiger partial charge on any atom is -0.309 e. The van der Waals surface area contributed by atoms with Crippen molar-refractivity contribution in [1.82, 2.24) is 15.0 Å². The van der Waals surface area contributed by atoms with E-state index in [0.29, 0.717) is 10.1 Å². The van der Waals surface area contributed by atoms with Gasteiger partial charge in [-0.25, -0.2) is 15.6 Å². The van der Waals surface area contributed by atoms with Gasteiger partial charge in [0, 0.05) is 13.5 Å². The summed E-state index contributed by atoms with van der Waals surface area (Å²) in [6.45, 7) is 1.14. The Balaban J connectivity index is 2.17. The first kappa shape index (κ1) is 15.6. The van der Waals surface area contributed by atoms with Gasteiger partial charge in [0.25, 0.3) is 5.91 Å². The first-order valence-electron chi connectivity index (χ1n) is 5.98. The van der Waals surface area contributed by atoms with Gasteiger partial charge in [0.15, 0.2) is 0 Å². The van der Waals surface area contributed by atoms with Gasteiger partial charge in [0.2, 0.25) is 5.91 Å². The zero-order valence-corrected chi connectivity index (χ0v) is 11.8. The van der Waals surface area contributed by atoms with Crippen molar-refractivity contribution in [3.63, 3.8) is 0 Å². The second-order valence-corrected chi connectivity index (χ2v) is 5.74. The Bertz CT molecular complexity index is 591. The van der Waals surface area contributed by atoms with Crippen molar-refractivity contribution < 1.29 is 31.6 Å². The van der Waals surface area contributed by atoms with Crippen molar-refractivity contribution in [1.29, 1.82) is 0 Å². The van der Waals surface area contributed by atoms with E-state index in [1.165, 1.54) is 0 Å². The van der Waals surface area contributed by atoms with Crippen molar-refractivity contribution >= 4 is 28.2 Å². The molecule has 0 radical (unpaired) electrons. The van der Waals surface area contributed by atoms with E-state index in [4.69, 9.17) is 10.4 Å². The molecule has 0 aromatic rings. The number of nitrogens with two attached hydrogens (primary N) is 1. The Labute approximate surface area is 120 Å². The van der Waals surface area contributed by atoms with Gasteiger partial charge in [-0.2, -0.15) is 13.5 Å². The van der Waals surface area contributed by atoms with Crippen LogP contribution in [-0.2, 0) is 24.3 Å². The van der Waals surface area contributed by atoms with Gasteiger partial charge >= 0.3 is 16.4 Å². The number of urea groups is 1. The molecule has 11 nitrogen and oxygen atoms in total. The molecular weight excluding hydrogens is 308 g/mol. The van der Waals surface area contributed by atoms with Crippen molar-refractivity contribution in [3.8, 4) is 0 Å². The Morgan fingerprint density at radius 1 is 1.43 bits per heavy atom. The lowest BCUT2D eigenvalue weighted by Crippen LogP contribution is -2.54. The van der Waals surface area contributed by atoms with E-state index in [-0.39, 0.29) is 19.4 Å². The number of rotatable bonds is 3. The molecule has 2 aliphatic heterocycles. The number of carbonyl (C=O) groups excluding carboxylic acids is 3. The Kier molecular flexibility index (Phi) is 3.88. The quantitative estimate of drug-likeness (QED) is 0.268. The van der Waals surface area contributed by atoms with Crippen molar-refractivity contribution in [3.05, 3.63) is 0 Å². The molecule has 0 aliphatic carbocycles. The predicted octanol–water partition coefficient (Wildman–Crippen LogP) is -1.76. The molecule has 2 aliphatic rings. The minimum absolute atomic E-state index is 0.0382. The Morgan fingerprint density at radius 3 is 2.57 bits per heavy atom. The number of hydroxylamine groups is 2. The van der Waals surface area contributed by atoms with Crippen LogP contribution < -0.4 is 5.84 Å². The van der Waals surface area contributed by atoms with Crippen LogP contribution in [0.1, 0.15) is 19.8 Å². The molecule has 2 heterocycles. The van der Waals surface area contributed by atoms with Crippen LogP contribution in [0.15, 0.2) is 0 Å². The van der Waals surface area contributed by atoms with Crippen molar-refractivity contribution in [2.45, 2.75) is 31.8 Å². The summed E-state index contributed by atoms with van der Waals surface area (Å²) in [5, 5.41) is 0.918. The maximum absolute atomic E-state index is 12.0. The topological polar surface area (TPSA) is 151 Å². The number of hydrazine groups is 1. The van der Waals surface area contributed by atoms with Crippen LogP contribution in [0.3, 0.4) is 0 Å². The summed E-state index contributed by atoms with van der Waals surface area (Å²) in [6.07, 6.45) is 0.460. The summed E-state index contributed by atoms with van der Waals surface area (Å²) in [5.74, 6) is 3.88. The van der Waals surface area contributed by atoms with Gasteiger partial charge in [-0.05, 0) is 12.8 Å². The molecule has 4 amide bonds. The molecule has 0 aromatic carbocycles. The summed E-state index contributed by atoms with van der Waals surface area (Å²) in [7, 11) is -4.84. The summed E-state index contributed by atoms with van der Waals surface area (Å²) in [5.41, 5.74) is 0. The van der Waals surface area contributed by atoms with Gasteiger partial charge in [0.1, 0.15) is 6.04 Å². The highest BCUT2D eigenvalue weighted by atomic mass is 32.3. The number of fused-ring (bicyclic) bond motifs is 2. The predicted molar refractivity (Wildman–Crippen MR) is 65.1 cm³/mol. The van der Waals surface area contributed by atoms with E-state index in [2.05, 4.69) is 4.28 Å². The van der Waals surface area contributed by atoms with Gasteiger partial charge in [-0.15, -0.1) is 4.28 Å². The number of piperidine rings is 1. The smallest absolute Gasteiger partial charge is 0.309 e. The molecule has 2 bridgehead atoms. The number of hydrogen-bond donors (Lipinski definition) is 2. The number of nitrogens with zero attached hydrogens (tertiary/aromatic N) is 3. The lowest BCUT2D eigenvalue weighted by molar-refractivity contribution is -0.147. The summed E-state index contributed by atoms with van der Waals surface area (Å²) in [6, 6.07) is -2.46. The van der Waals surface area contributed by atoms with E-state index < -0.39 is 40.3 Å². The summed E-state index contributed by atoms with van der Waals surface area (Å²) < 4.78 is 34.3. The first-order chi connectivity index (χ1) is 9.61. The molecule has 2 saturated heterocycles. The van der Waals surface area contributed by atoms with Crippen LogP contribution >= 0.6 is 0 Å². The molecule has 2 unspecified atom stereocenters. The maximum Gasteiger partial charge on any atom is 0.418 e.